The van der Waals surface area contributed by atoms with E-state index in [0.717, 1.165) is 0 Å². The lowest BCUT2D eigenvalue weighted by Crippen LogP contribution is -2.65. The Morgan fingerprint density at radius 1 is 1.38 bits per heavy atom. The molecule has 1 aliphatic heterocycles. The van der Waals surface area contributed by atoms with Crippen LogP contribution in [0.25, 0.3) is 0 Å². The van der Waals surface area contributed by atoms with Crippen LogP contribution >= 0.6 is 11.6 Å². The van der Waals surface area contributed by atoms with Crippen molar-refractivity contribution in [1.82, 2.24) is 5.32 Å². The maximum absolute atomic E-state index is 14.3. The van der Waals surface area contributed by atoms with E-state index in [0.29, 0.717) is 6.42 Å². The van der Waals surface area contributed by atoms with Crippen LogP contribution in [0.4, 0.5) is 10.1 Å². The first-order chi connectivity index (χ1) is 9.88. The first kappa shape index (κ1) is 15.8. The van der Waals surface area contributed by atoms with Crippen LogP contribution in [0.3, 0.4) is 0 Å². The molecule has 4 nitrogen and oxygen atoms in total. The summed E-state index contributed by atoms with van der Waals surface area (Å²) in [5.41, 5.74) is 0.0551. The average molecular weight is 313 g/mol. The summed E-state index contributed by atoms with van der Waals surface area (Å²) in [7, 11) is 0. The van der Waals surface area contributed by atoms with Crippen molar-refractivity contribution in [2.45, 2.75) is 39.3 Å². The van der Waals surface area contributed by atoms with Crippen molar-refractivity contribution in [2.75, 3.05) is 4.90 Å². The number of halogens is 2. The minimum atomic E-state index is -0.742. The zero-order valence-corrected chi connectivity index (χ0v) is 12.9. The van der Waals surface area contributed by atoms with E-state index in [1.165, 1.54) is 17.0 Å². The number of benzene rings is 1. The lowest BCUT2D eigenvalue weighted by Gasteiger charge is -2.40. The van der Waals surface area contributed by atoms with Crippen LogP contribution in [0, 0.1) is 11.7 Å². The zero-order valence-electron chi connectivity index (χ0n) is 12.2. The Bertz CT molecular complexity index is 577. The Labute approximate surface area is 128 Å². The molecule has 1 aliphatic rings. The molecule has 114 valence electrons. The number of piperazine rings is 1. The highest BCUT2D eigenvalue weighted by Crippen LogP contribution is 2.31. The van der Waals surface area contributed by atoms with E-state index in [1.807, 2.05) is 13.8 Å². The van der Waals surface area contributed by atoms with Gasteiger partial charge in [0, 0.05) is 0 Å². The third-order valence-electron chi connectivity index (χ3n) is 3.63. The molecule has 2 atom stereocenters. The molecule has 1 heterocycles. The standard InChI is InChI=1S/C15H18ClFN2O2/c1-4-10-15(21)19(13(8(2)3)14(20)18-10)11-7-5-6-9(16)12(11)17/h5-8,10,13H,4H2,1-3H3,(H,18,20). The quantitative estimate of drug-likeness (QED) is 0.933. The van der Waals surface area contributed by atoms with Crippen molar-refractivity contribution in [3.8, 4) is 0 Å². The molecule has 1 fully saturated rings. The second-order valence-electron chi connectivity index (χ2n) is 5.44. The maximum Gasteiger partial charge on any atom is 0.250 e. The van der Waals surface area contributed by atoms with Gasteiger partial charge in [-0.2, -0.15) is 0 Å². The highest BCUT2D eigenvalue weighted by atomic mass is 35.5. The minimum Gasteiger partial charge on any atom is -0.342 e. The molecule has 21 heavy (non-hydrogen) atoms. The minimum absolute atomic E-state index is 0.0551. The van der Waals surface area contributed by atoms with Crippen LogP contribution in [0.5, 0.6) is 0 Å². The predicted octanol–water partition coefficient (Wildman–Crippen LogP) is 2.75. The molecule has 1 aromatic rings. The second kappa shape index (κ2) is 6.02. The number of nitrogens with zero attached hydrogens (tertiary/aromatic N) is 1. The normalized spacial score (nSPS) is 22.7. The molecular weight excluding hydrogens is 295 g/mol. The molecule has 6 heteroatoms. The van der Waals surface area contributed by atoms with Gasteiger partial charge in [0.05, 0.1) is 10.7 Å². The smallest absolute Gasteiger partial charge is 0.250 e. The van der Waals surface area contributed by atoms with E-state index >= 15 is 0 Å². The third kappa shape index (κ3) is 2.75. The van der Waals surface area contributed by atoms with E-state index < -0.39 is 17.9 Å². The van der Waals surface area contributed by atoms with Gasteiger partial charge < -0.3 is 5.32 Å². The SMILES string of the molecule is CCC1NC(=O)C(C(C)C)N(c2cccc(Cl)c2F)C1=O. The summed E-state index contributed by atoms with van der Waals surface area (Å²) >= 11 is 5.80. The highest BCUT2D eigenvalue weighted by Gasteiger charge is 2.43. The van der Waals surface area contributed by atoms with Crippen LogP contribution in [0.2, 0.25) is 5.02 Å². The van der Waals surface area contributed by atoms with Gasteiger partial charge in [-0.3, -0.25) is 14.5 Å². The summed E-state index contributed by atoms with van der Waals surface area (Å²) in [5, 5.41) is 2.63. The van der Waals surface area contributed by atoms with Crippen LogP contribution < -0.4 is 10.2 Å². The first-order valence-corrected chi connectivity index (χ1v) is 7.33. The van der Waals surface area contributed by atoms with Gasteiger partial charge >= 0.3 is 0 Å². The fraction of sp³-hybridized carbons (Fsp3) is 0.467. The second-order valence-corrected chi connectivity index (χ2v) is 5.85. The molecule has 2 unspecified atom stereocenters. The van der Waals surface area contributed by atoms with E-state index in [-0.39, 0.29) is 28.4 Å². The predicted molar refractivity (Wildman–Crippen MR) is 79.7 cm³/mol. The van der Waals surface area contributed by atoms with Crippen LogP contribution in [-0.4, -0.2) is 23.9 Å². The van der Waals surface area contributed by atoms with Gasteiger partial charge in [-0.15, -0.1) is 0 Å². The summed E-state index contributed by atoms with van der Waals surface area (Å²) in [6.45, 7) is 5.43. The molecule has 0 aliphatic carbocycles. The van der Waals surface area contributed by atoms with E-state index in [9.17, 15) is 14.0 Å². The fourth-order valence-electron chi connectivity index (χ4n) is 2.57. The number of carbonyl (C=O) groups excluding carboxylic acids is 2. The number of rotatable bonds is 3. The van der Waals surface area contributed by atoms with Gasteiger partial charge in [0.2, 0.25) is 11.8 Å². The van der Waals surface area contributed by atoms with Crippen molar-refractivity contribution in [1.29, 1.82) is 0 Å². The van der Waals surface area contributed by atoms with Gasteiger partial charge in [-0.25, -0.2) is 4.39 Å². The molecule has 0 spiro atoms. The van der Waals surface area contributed by atoms with Gasteiger partial charge in [0.15, 0.2) is 5.82 Å². The molecule has 2 rings (SSSR count). The van der Waals surface area contributed by atoms with Crippen molar-refractivity contribution >= 4 is 29.1 Å². The lowest BCUT2D eigenvalue weighted by molar-refractivity contribution is -0.134. The Hall–Kier alpha value is -1.62. The number of nitrogens with one attached hydrogen (secondary N) is 1. The lowest BCUT2D eigenvalue weighted by atomic mass is 9.95. The molecular formula is C15H18ClFN2O2. The van der Waals surface area contributed by atoms with Crippen LogP contribution in [0.1, 0.15) is 27.2 Å². The Morgan fingerprint density at radius 2 is 2.05 bits per heavy atom. The molecule has 1 N–H and O–H groups in total. The summed E-state index contributed by atoms with van der Waals surface area (Å²) in [6.07, 6.45) is 0.452. The Morgan fingerprint density at radius 3 is 2.62 bits per heavy atom. The van der Waals surface area contributed by atoms with Crippen molar-refractivity contribution in [3.63, 3.8) is 0 Å². The third-order valence-corrected chi connectivity index (χ3v) is 3.92. The largest absolute Gasteiger partial charge is 0.342 e. The molecule has 1 saturated heterocycles. The maximum atomic E-state index is 14.3. The Balaban J connectivity index is 2.55. The highest BCUT2D eigenvalue weighted by molar-refractivity contribution is 6.31. The average Bonchev–Trinajstić information content (AvgIpc) is 2.43. The molecule has 0 aromatic heterocycles. The summed E-state index contributed by atoms with van der Waals surface area (Å²) in [5.74, 6) is -1.40. The van der Waals surface area contributed by atoms with Gasteiger partial charge in [0.25, 0.3) is 0 Å². The van der Waals surface area contributed by atoms with Crippen LogP contribution in [0.15, 0.2) is 18.2 Å². The van der Waals surface area contributed by atoms with Crippen molar-refractivity contribution in [2.24, 2.45) is 5.92 Å². The number of hydrogen-bond acceptors (Lipinski definition) is 2. The summed E-state index contributed by atoms with van der Waals surface area (Å²) in [6, 6.07) is 3.08. The zero-order chi connectivity index (χ0) is 15.7. The van der Waals surface area contributed by atoms with Crippen molar-refractivity contribution < 1.29 is 14.0 Å². The Kier molecular flexibility index (Phi) is 4.52. The molecule has 0 bridgehead atoms. The van der Waals surface area contributed by atoms with Crippen LogP contribution in [-0.2, 0) is 9.59 Å². The number of hydrogen-bond donors (Lipinski definition) is 1. The molecule has 0 radical (unpaired) electrons. The number of anilines is 1. The van der Waals surface area contributed by atoms with E-state index in [2.05, 4.69) is 5.32 Å². The van der Waals surface area contributed by atoms with Crippen molar-refractivity contribution in [3.05, 3.63) is 29.0 Å². The first-order valence-electron chi connectivity index (χ1n) is 6.96. The van der Waals surface area contributed by atoms with Gasteiger partial charge in [-0.1, -0.05) is 38.4 Å². The number of carbonyl (C=O) groups is 2. The topological polar surface area (TPSA) is 49.4 Å². The molecule has 0 saturated carbocycles. The summed E-state index contributed by atoms with van der Waals surface area (Å²) < 4.78 is 14.3. The summed E-state index contributed by atoms with van der Waals surface area (Å²) in [4.78, 5) is 26.1. The van der Waals surface area contributed by atoms with Gasteiger partial charge in [0.1, 0.15) is 12.1 Å². The molecule has 2 amide bonds. The van der Waals surface area contributed by atoms with E-state index in [4.69, 9.17) is 11.6 Å². The molecule has 1 aromatic carbocycles. The monoisotopic (exact) mass is 312 g/mol. The van der Waals surface area contributed by atoms with Gasteiger partial charge in [-0.05, 0) is 24.5 Å². The fourth-order valence-corrected chi connectivity index (χ4v) is 2.74. The van der Waals surface area contributed by atoms with E-state index in [1.54, 1.807) is 13.0 Å². The number of amides is 2.